The van der Waals surface area contributed by atoms with Crippen molar-refractivity contribution in [2.45, 2.75) is 26.4 Å². The zero-order chi connectivity index (χ0) is 10.6. The fraction of sp³-hybridized carbons (Fsp3) is 0.444. The molecule has 0 radical (unpaired) electrons. The summed E-state index contributed by atoms with van der Waals surface area (Å²) in [4.78, 5) is 12.2. The Labute approximate surface area is 92.5 Å². The summed E-state index contributed by atoms with van der Waals surface area (Å²) in [6, 6.07) is 3.73. The smallest absolute Gasteiger partial charge is 0.315 e. The summed E-state index contributed by atoms with van der Waals surface area (Å²) in [7, 11) is 0. The topological polar surface area (TPSA) is 41.1 Å². The molecule has 0 unspecified atom stereocenters. The van der Waals surface area contributed by atoms with Crippen LogP contribution in [0.4, 0.5) is 4.79 Å². The van der Waals surface area contributed by atoms with Gasteiger partial charge in [-0.05, 0) is 26.0 Å². The Hall–Kier alpha value is -0.740. The molecule has 0 saturated heterocycles. The molecule has 1 rings (SSSR count). The number of carbonyl (C=O) groups excluding carboxylic acids is 1. The number of thiophene rings is 1. The van der Waals surface area contributed by atoms with E-state index in [9.17, 15) is 4.79 Å². The van der Waals surface area contributed by atoms with Crippen molar-refractivity contribution in [3.05, 3.63) is 21.3 Å². The zero-order valence-electron chi connectivity index (χ0n) is 8.13. The number of carbonyl (C=O) groups is 1. The van der Waals surface area contributed by atoms with Crippen molar-refractivity contribution >= 4 is 29.0 Å². The molecule has 0 saturated carbocycles. The van der Waals surface area contributed by atoms with Crippen molar-refractivity contribution in [3.8, 4) is 0 Å². The van der Waals surface area contributed by atoms with Gasteiger partial charge < -0.3 is 10.6 Å². The Balaban J connectivity index is 2.30. The Morgan fingerprint density at radius 2 is 2.29 bits per heavy atom. The van der Waals surface area contributed by atoms with Crippen molar-refractivity contribution in [1.29, 1.82) is 0 Å². The Bertz CT molecular complexity index is 312. The number of hydrogen-bond acceptors (Lipinski definition) is 2. The Morgan fingerprint density at radius 3 is 2.79 bits per heavy atom. The maximum atomic E-state index is 11.2. The van der Waals surface area contributed by atoms with Crippen LogP contribution in [-0.4, -0.2) is 12.1 Å². The van der Waals surface area contributed by atoms with E-state index in [0.717, 1.165) is 9.21 Å². The fourth-order valence-corrected chi connectivity index (χ4v) is 1.95. The second-order valence-corrected chi connectivity index (χ2v) is 4.99. The van der Waals surface area contributed by atoms with E-state index >= 15 is 0 Å². The van der Waals surface area contributed by atoms with E-state index in [1.54, 1.807) is 0 Å². The highest BCUT2D eigenvalue weighted by Crippen LogP contribution is 2.20. The molecule has 14 heavy (non-hydrogen) atoms. The Morgan fingerprint density at radius 1 is 1.57 bits per heavy atom. The average Bonchev–Trinajstić information content (AvgIpc) is 2.47. The van der Waals surface area contributed by atoms with Gasteiger partial charge in [0.25, 0.3) is 0 Å². The number of nitrogens with one attached hydrogen (secondary N) is 2. The maximum Gasteiger partial charge on any atom is 0.315 e. The molecule has 5 heteroatoms. The maximum absolute atomic E-state index is 11.2. The number of rotatable bonds is 3. The highest BCUT2D eigenvalue weighted by Gasteiger charge is 2.03. The van der Waals surface area contributed by atoms with Crippen molar-refractivity contribution in [2.75, 3.05) is 0 Å². The molecule has 0 spiro atoms. The summed E-state index contributed by atoms with van der Waals surface area (Å²) in [5.41, 5.74) is 0. The molecule has 0 fully saturated rings. The van der Waals surface area contributed by atoms with E-state index in [-0.39, 0.29) is 12.1 Å². The SMILES string of the molecule is CC(C)NC(=O)NCc1ccc(Cl)s1. The van der Waals surface area contributed by atoms with E-state index in [4.69, 9.17) is 11.6 Å². The van der Waals surface area contributed by atoms with Gasteiger partial charge in [-0.15, -0.1) is 11.3 Å². The van der Waals surface area contributed by atoms with E-state index in [1.807, 2.05) is 26.0 Å². The first-order chi connectivity index (χ1) is 6.58. The van der Waals surface area contributed by atoms with Crippen LogP contribution in [0.25, 0.3) is 0 Å². The molecule has 0 atom stereocenters. The summed E-state index contributed by atoms with van der Waals surface area (Å²) in [6.07, 6.45) is 0. The molecule has 0 aliphatic heterocycles. The minimum atomic E-state index is -0.149. The van der Waals surface area contributed by atoms with Crippen LogP contribution in [0.15, 0.2) is 12.1 Å². The summed E-state index contributed by atoms with van der Waals surface area (Å²) in [5, 5.41) is 5.49. The van der Waals surface area contributed by atoms with Crippen LogP contribution in [-0.2, 0) is 6.54 Å². The van der Waals surface area contributed by atoms with Crippen LogP contribution in [0.1, 0.15) is 18.7 Å². The zero-order valence-corrected chi connectivity index (χ0v) is 9.71. The number of urea groups is 1. The second kappa shape index (κ2) is 5.22. The molecule has 3 nitrogen and oxygen atoms in total. The van der Waals surface area contributed by atoms with Gasteiger partial charge in [-0.3, -0.25) is 0 Å². The molecule has 0 bridgehead atoms. The lowest BCUT2D eigenvalue weighted by Gasteiger charge is -2.08. The summed E-state index contributed by atoms with van der Waals surface area (Å²) in [6.45, 7) is 4.36. The lowest BCUT2D eigenvalue weighted by Crippen LogP contribution is -2.38. The first kappa shape index (κ1) is 11.3. The molecule has 1 aromatic heterocycles. The van der Waals surface area contributed by atoms with Crippen LogP contribution in [0.2, 0.25) is 4.34 Å². The van der Waals surface area contributed by atoms with Crippen molar-refractivity contribution < 1.29 is 4.79 Å². The minimum Gasteiger partial charge on any atom is -0.336 e. The highest BCUT2D eigenvalue weighted by atomic mass is 35.5. The van der Waals surface area contributed by atoms with E-state index in [2.05, 4.69) is 10.6 Å². The predicted molar refractivity (Wildman–Crippen MR) is 59.8 cm³/mol. The molecular formula is C9H13ClN2OS. The normalized spacial score (nSPS) is 10.3. The van der Waals surface area contributed by atoms with Gasteiger partial charge in [0.1, 0.15) is 0 Å². The summed E-state index contributed by atoms with van der Waals surface area (Å²) >= 11 is 7.22. The van der Waals surface area contributed by atoms with Crippen molar-refractivity contribution in [1.82, 2.24) is 10.6 Å². The molecule has 1 heterocycles. The van der Waals surface area contributed by atoms with Gasteiger partial charge in [-0.1, -0.05) is 11.6 Å². The monoisotopic (exact) mass is 232 g/mol. The standard InChI is InChI=1S/C9H13ClN2OS/c1-6(2)12-9(13)11-5-7-3-4-8(10)14-7/h3-4,6H,5H2,1-2H3,(H2,11,12,13). The largest absolute Gasteiger partial charge is 0.336 e. The number of amides is 2. The van der Waals surface area contributed by atoms with Crippen LogP contribution >= 0.6 is 22.9 Å². The Kier molecular flexibility index (Phi) is 4.22. The van der Waals surface area contributed by atoms with E-state index in [0.29, 0.717) is 6.54 Å². The third-order valence-corrected chi connectivity index (χ3v) is 2.70. The van der Waals surface area contributed by atoms with E-state index < -0.39 is 0 Å². The molecule has 1 aromatic rings. The van der Waals surface area contributed by atoms with Crippen molar-refractivity contribution in [3.63, 3.8) is 0 Å². The predicted octanol–water partition coefficient (Wildman–Crippen LogP) is 2.61. The lowest BCUT2D eigenvalue weighted by atomic mass is 10.4. The van der Waals surface area contributed by atoms with Crippen LogP contribution in [0, 0.1) is 0 Å². The third kappa shape index (κ3) is 3.98. The molecule has 0 aromatic carbocycles. The van der Waals surface area contributed by atoms with Crippen LogP contribution in [0.3, 0.4) is 0 Å². The molecule has 78 valence electrons. The van der Waals surface area contributed by atoms with E-state index in [1.165, 1.54) is 11.3 Å². The third-order valence-electron chi connectivity index (χ3n) is 1.47. The van der Waals surface area contributed by atoms with Gasteiger partial charge in [-0.25, -0.2) is 4.79 Å². The van der Waals surface area contributed by atoms with Gasteiger partial charge >= 0.3 is 6.03 Å². The lowest BCUT2D eigenvalue weighted by molar-refractivity contribution is 0.238. The minimum absolute atomic E-state index is 0.149. The van der Waals surface area contributed by atoms with Gasteiger partial charge in [0.05, 0.1) is 10.9 Å². The molecule has 0 aliphatic carbocycles. The van der Waals surface area contributed by atoms with Crippen LogP contribution < -0.4 is 10.6 Å². The van der Waals surface area contributed by atoms with Gasteiger partial charge in [-0.2, -0.15) is 0 Å². The number of halogens is 1. The molecule has 2 amide bonds. The summed E-state index contributed by atoms with van der Waals surface area (Å²) in [5.74, 6) is 0. The van der Waals surface area contributed by atoms with Crippen LogP contribution in [0.5, 0.6) is 0 Å². The average molecular weight is 233 g/mol. The molecule has 2 N–H and O–H groups in total. The second-order valence-electron chi connectivity index (χ2n) is 3.19. The van der Waals surface area contributed by atoms with Gasteiger partial charge in [0.15, 0.2) is 0 Å². The number of hydrogen-bond donors (Lipinski definition) is 2. The molecule has 0 aliphatic rings. The first-order valence-corrected chi connectivity index (χ1v) is 5.56. The molecular weight excluding hydrogens is 220 g/mol. The fourth-order valence-electron chi connectivity index (χ4n) is 0.927. The van der Waals surface area contributed by atoms with Gasteiger partial charge in [0, 0.05) is 10.9 Å². The first-order valence-electron chi connectivity index (χ1n) is 4.36. The highest BCUT2D eigenvalue weighted by molar-refractivity contribution is 7.16. The quantitative estimate of drug-likeness (QED) is 0.827. The van der Waals surface area contributed by atoms with Crippen molar-refractivity contribution in [2.24, 2.45) is 0 Å². The van der Waals surface area contributed by atoms with Gasteiger partial charge in [0.2, 0.25) is 0 Å². The summed E-state index contributed by atoms with van der Waals surface area (Å²) < 4.78 is 0.742.